The van der Waals surface area contributed by atoms with Crippen LogP contribution in [0, 0.1) is 0 Å². The number of carbonyl (C=O) groups is 2. The van der Waals surface area contributed by atoms with Gasteiger partial charge in [0, 0.05) is 11.3 Å². The van der Waals surface area contributed by atoms with Crippen molar-refractivity contribution in [1.29, 1.82) is 0 Å². The number of amides is 1. The Kier molecular flexibility index (Phi) is 6.96. The molecule has 0 radical (unpaired) electrons. The minimum atomic E-state index is -0.846. The lowest BCUT2D eigenvalue weighted by atomic mass is 9.87. The number of ether oxygens (including phenoxy) is 2. The molecule has 3 aromatic rings. The number of methoxy groups -OCH3 is 2. The van der Waals surface area contributed by atoms with Gasteiger partial charge in [0.1, 0.15) is 17.3 Å². The molecule has 186 valence electrons. The van der Waals surface area contributed by atoms with E-state index in [9.17, 15) is 14.7 Å². The molecule has 1 heterocycles. The van der Waals surface area contributed by atoms with Gasteiger partial charge in [0.25, 0.3) is 11.7 Å². The number of Topliss-reactive ketones (excluding diaryl/α,β-unsaturated/α-hetero) is 1. The van der Waals surface area contributed by atoms with Gasteiger partial charge in [-0.15, -0.1) is 0 Å². The molecule has 1 fully saturated rings. The first-order valence-corrected chi connectivity index (χ1v) is 12.3. The standard InChI is InChI=1S/C29H28BrNO5/c1-29(2,3)19-10-12-20(13-11-19)31-25(17-7-6-8-21(15-17)35-4)24(27(33)28(31)34)26(32)18-9-14-23(36-5)22(30)16-18/h6-16,25,32H,1-5H3/b26-24-. The second-order valence-electron chi connectivity index (χ2n) is 9.59. The number of anilines is 1. The maximum atomic E-state index is 13.4. The SMILES string of the molecule is COc1cccc(C2/C(=C(/O)c3ccc(OC)c(Br)c3)C(=O)C(=O)N2c2ccc(C(C)(C)C)cc2)c1. The molecule has 7 heteroatoms. The molecule has 36 heavy (non-hydrogen) atoms. The second kappa shape index (κ2) is 9.82. The predicted molar refractivity (Wildman–Crippen MR) is 144 cm³/mol. The molecule has 0 spiro atoms. The molecule has 0 aromatic heterocycles. The van der Waals surface area contributed by atoms with Gasteiger partial charge in [0.05, 0.1) is 30.3 Å². The number of ketones is 1. The van der Waals surface area contributed by atoms with Gasteiger partial charge in [0.2, 0.25) is 0 Å². The van der Waals surface area contributed by atoms with E-state index in [0.29, 0.717) is 32.8 Å². The summed E-state index contributed by atoms with van der Waals surface area (Å²) in [6, 6.07) is 18.9. The Morgan fingerprint density at radius 3 is 2.22 bits per heavy atom. The number of halogens is 1. The van der Waals surface area contributed by atoms with Crippen molar-refractivity contribution in [1.82, 2.24) is 0 Å². The van der Waals surface area contributed by atoms with Gasteiger partial charge in [-0.05, 0) is 74.9 Å². The normalized spacial score (nSPS) is 17.4. The van der Waals surface area contributed by atoms with E-state index in [-0.39, 0.29) is 16.7 Å². The van der Waals surface area contributed by atoms with Crippen molar-refractivity contribution < 1.29 is 24.2 Å². The smallest absolute Gasteiger partial charge is 0.300 e. The lowest BCUT2D eigenvalue weighted by Gasteiger charge is -2.27. The van der Waals surface area contributed by atoms with Gasteiger partial charge >= 0.3 is 0 Å². The first-order chi connectivity index (χ1) is 17.1. The zero-order valence-electron chi connectivity index (χ0n) is 20.8. The van der Waals surface area contributed by atoms with Crippen LogP contribution in [0.3, 0.4) is 0 Å². The van der Waals surface area contributed by atoms with Gasteiger partial charge < -0.3 is 14.6 Å². The quantitative estimate of drug-likeness (QED) is 0.226. The number of rotatable bonds is 5. The first-order valence-electron chi connectivity index (χ1n) is 11.5. The van der Waals surface area contributed by atoms with Gasteiger partial charge in [-0.3, -0.25) is 14.5 Å². The van der Waals surface area contributed by atoms with E-state index < -0.39 is 17.7 Å². The lowest BCUT2D eigenvalue weighted by Crippen LogP contribution is -2.29. The third kappa shape index (κ3) is 4.63. The van der Waals surface area contributed by atoms with Crippen LogP contribution in [-0.4, -0.2) is 31.0 Å². The second-order valence-corrected chi connectivity index (χ2v) is 10.4. The lowest BCUT2D eigenvalue weighted by molar-refractivity contribution is -0.132. The molecule has 1 aliphatic rings. The summed E-state index contributed by atoms with van der Waals surface area (Å²) in [4.78, 5) is 28.2. The summed E-state index contributed by atoms with van der Waals surface area (Å²) in [7, 11) is 3.09. The third-order valence-electron chi connectivity index (χ3n) is 6.29. The van der Waals surface area contributed by atoms with Crippen molar-refractivity contribution in [2.45, 2.75) is 32.2 Å². The molecular weight excluding hydrogens is 522 g/mol. The van der Waals surface area contributed by atoms with Crippen molar-refractivity contribution in [3.8, 4) is 11.5 Å². The monoisotopic (exact) mass is 549 g/mol. The predicted octanol–water partition coefficient (Wildman–Crippen LogP) is 6.39. The van der Waals surface area contributed by atoms with Crippen molar-refractivity contribution in [2.75, 3.05) is 19.1 Å². The van der Waals surface area contributed by atoms with Crippen LogP contribution >= 0.6 is 15.9 Å². The zero-order chi connectivity index (χ0) is 26.2. The fraction of sp³-hybridized carbons (Fsp3) is 0.241. The van der Waals surface area contributed by atoms with Crippen LogP contribution in [0.4, 0.5) is 5.69 Å². The molecular formula is C29H28BrNO5. The Hall–Kier alpha value is -3.58. The summed E-state index contributed by atoms with van der Waals surface area (Å²) in [6.45, 7) is 6.33. The van der Waals surface area contributed by atoms with Crippen LogP contribution < -0.4 is 14.4 Å². The average Bonchev–Trinajstić information content (AvgIpc) is 3.13. The summed E-state index contributed by atoms with van der Waals surface area (Å²) in [6.07, 6.45) is 0. The van der Waals surface area contributed by atoms with Crippen molar-refractivity contribution in [3.05, 3.63) is 93.5 Å². The van der Waals surface area contributed by atoms with Crippen LogP contribution in [0.2, 0.25) is 0 Å². The highest BCUT2D eigenvalue weighted by atomic mass is 79.9. The molecule has 1 saturated heterocycles. The van der Waals surface area contributed by atoms with Crippen molar-refractivity contribution in [2.24, 2.45) is 0 Å². The summed E-state index contributed by atoms with van der Waals surface area (Å²) in [5, 5.41) is 11.4. The number of aliphatic hydroxyl groups is 1. The maximum Gasteiger partial charge on any atom is 0.300 e. The molecule has 4 rings (SSSR count). The average molecular weight is 550 g/mol. The minimum absolute atomic E-state index is 0.00483. The number of benzene rings is 3. The topological polar surface area (TPSA) is 76.1 Å². The molecule has 1 atom stereocenters. The molecule has 1 N–H and O–H groups in total. The third-order valence-corrected chi connectivity index (χ3v) is 6.91. The molecule has 3 aromatic carbocycles. The molecule has 0 aliphatic carbocycles. The minimum Gasteiger partial charge on any atom is -0.507 e. The van der Waals surface area contributed by atoms with Gasteiger partial charge in [-0.1, -0.05) is 45.0 Å². The van der Waals surface area contributed by atoms with E-state index in [2.05, 4.69) is 36.7 Å². The summed E-state index contributed by atoms with van der Waals surface area (Å²) >= 11 is 3.42. The van der Waals surface area contributed by atoms with Crippen LogP contribution in [-0.2, 0) is 15.0 Å². The van der Waals surface area contributed by atoms with E-state index in [1.54, 1.807) is 50.6 Å². The van der Waals surface area contributed by atoms with E-state index in [0.717, 1.165) is 5.56 Å². The first kappa shape index (κ1) is 25.5. The highest BCUT2D eigenvalue weighted by Crippen LogP contribution is 2.43. The van der Waals surface area contributed by atoms with E-state index in [4.69, 9.17) is 9.47 Å². The fourth-order valence-corrected chi connectivity index (χ4v) is 4.86. The molecule has 1 aliphatic heterocycles. The number of nitrogens with zero attached hydrogens (tertiary/aromatic N) is 1. The molecule has 6 nitrogen and oxygen atoms in total. The van der Waals surface area contributed by atoms with E-state index >= 15 is 0 Å². The van der Waals surface area contributed by atoms with Crippen LogP contribution in [0.15, 0.2) is 76.8 Å². The van der Waals surface area contributed by atoms with E-state index in [1.165, 1.54) is 4.90 Å². The Morgan fingerprint density at radius 2 is 1.64 bits per heavy atom. The fourth-order valence-electron chi connectivity index (χ4n) is 4.32. The molecule has 0 bridgehead atoms. The van der Waals surface area contributed by atoms with Crippen molar-refractivity contribution >= 4 is 39.1 Å². The summed E-state index contributed by atoms with van der Waals surface area (Å²) < 4.78 is 11.3. The Bertz CT molecular complexity index is 1350. The van der Waals surface area contributed by atoms with Gasteiger partial charge in [-0.2, -0.15) is 0 Å². The molecule has 1 amide bonds. The van der Waals surface area contributed by atoms with Crippen LogP contribution in [0.5, 0.6) is 11.5 Å². The van der Waals surface area contributed by atoms with E-state index in [1.807, 2.05) is 30.3 Å². The maximum absolute atomic E-state index is 13.4. The van der Waals surface area contributed by atoms with Crippen LogP contribution in [0.25, 0.3) is 5.76 Å². The summed E-state index contributed by atoms with van der Waals surface area (Å²) in [5.74, 6) is -0.574. The Morgan fingerprint density at radius 1 is 0.944 bits per heavy atom. The number of hydrogen-bond acceptors (Lipinski definition) is 5. The highest BCUT2D eigenvalue weighted by molar-refractivity contribution is 9.10. The molecule has 0 saturated carbocycles. The Balaban J connectivity index is 1.92. The largest absolute Gasteiger partial charge is 0.507 e. The number of aliphatic hydroxyl groups excluding tert-OH is 1. The highest BCUT2D eigenvalue weighted by Gasteiger charge is 2.47. The van der Waals surface area contributed by atoms with Crippen LogP contribution in [0.1, 0.15) is 43.5 Å². The van der Waals surface area contributed by atoms with Gasteiger partial charge in [-0.25, -0.2) is 0 Å². The zero-order valence-corrected chi connectivity index (χ0v) is 22.4. The summed E-state index contributed by atoms with van der Waals surface area (Å²) in [5.41, 5.74) is 2.63. The number of carbonyl (C=O) groups excluding carboxylic acids is 2. The van der Waals surface area contributed by atoms with Gasteiger partial charge in [0.15, 0.2) is 0 Å². The number of hydrogen-bond donors (Lipinski definition) is 1. The Labute approximate surface area is 219 Å². The van der Waals surface area contributed by atoms with Crippen molar-refractivity contribution in [3.63, 3.8) is 0 Å². The molecule has 1 unspecified atom stereocenters.